The molecule has 0 N–H and O–H groups in total. The number of hydrogen-bond acceptors (Lipinski definition) is 5. The fourth-order valence-electron chi connectivity index (χ4n) is 2.20. The molecule has 2 aromatic carbocycles. The quantitative estimate of drug-likeness (QED) is 0.279. The van der Waals surface area contributed by atoms with Crippen molar-refractivity contribution < 1.29 is 23.8 Å². The van der Waals surface area contributed by atoms with Gasteiger partial charge in [0.15, 0.2) is 0 Å². The Morgan fingerprint density at radius 3 is 2.22 bits per heavy atom. The maximum absolute atomic E-state index is 11.9. The van der Waals surface area contributed by atoms with Gasteiger partial charge in [0.2, 0.25) is 0 Å². The molecule has 0 heterocycles. The lowest BCUT2D eigenvalue weighted by Crippen LogP contribution is -2.04. The first-order valence-corrected chi connectivity index (χ1v) is 9.02. The number of carbonyl (C=O) groups is 2. The molecule has 0 bridgehead atoms. The molecule has 0 saturated heterocycles. The van der Waals surface area contributed by atoms with Crippen LogP contribution in [-0.2, 0) is 9.53 Å². The minimum Gasteiger partial charge on any atom is -0.494 e. The first-order chi connectivity index (χ1) is 13.1. The molecular weight excluding hydrogens is 344 g/mol. The summed E-state index contributed by atoms with van der Waals surface area (Å²) in [4.78, 5) is 23.5. The molecule has 2 rings (SSSR count). The molecule has 0 spiro atoms. The van der Waals surface area contributed by atoms with E-state index in [0.29, 0.717) is 24.5 Å². The molecule has 0 saturated carbocycles. The number of hydrogen-bond donors (Lipinski definition) is 0. The van der Waals surface area contributed by atoms with E-state index in [1.807, 2.05) is 0 Å². The minimum absolute atomic E-state index is 0.332. The van der Waals surface area contributed by atoms with Crippen molar-refractivity contribution in [3.8, 4) is 11.5 Å². The van der Waals surface area contributed by atoms with Crippen molar-refractivity contribution in [3.63, 3.8) is 0 Å². The van der Waals surface area contributed by atoms with E-state index in [1.165, 1.54) is 6.08 Å². The van der Waals surface area contributed by atoms with Crippen molar-refractivity contribution in [2.45, 2.75) is 26.7 Å². The predicted octanol–water partition coefficient (Wildman–Crippen LogP) is 4.66. The third-order valence-electron chi connectivity index (χ3n) is 3.64. The maximum Gasteiger partial charge on any atom is 0.338 e. The normalized spacial score (nSPS) is 10.6. The maximum atomic E-state index is 11.9. The van der Waals surface area contributed by atoms with Crippen LogP contribution >= 0.6 is 0 Å². The Kier molecular flexibility index (Phi) is 8.10. The Morgan fingerprint density at radius 2 is 1.59 bits per heavy atom. The molecule has 0 atom stereocenters. The summed E-state index contributed by atoms with van der Waals surface area (Å²) in [6.45, 7) is 4.87. The van der Waals surface area contributed by atoms with Crippen molar-refractivity contribution in [2.24, 2.45) is 0 Å². The van der Waals surface area contributed by atoms with Crippen LogP contribution in [0.1, 0.15) is 42.6 Å². The van der Waals surface area contributed by atoms with Gasteiger partial charge in [0.05, 0.1) is 18.8 Å². The Bertz CT molecular complexity index is 760. The van der Waals surface area contributed by atoms with Crippen LogP contribution in [0.15, 0.2) is 54.6 Å². The minimum atomic E-state index is -0.482. The van der Waals surface area contributed by atoms with Crippen LogP contribution in [0.3, 0.4) is 0 Å². The number of carbonyl (C=O) groups excluding carboxylic acids is 2. The van der Waals surface area contributed by atoms with Crippen molar-refractivity contribution in [3.05, 3.63) is 65.7 Å². The number of benzene rings is 2. The van der Waals surface area contributed by atoms with E-state index < -0.39 is 5.97 Å². The van der Waals surface area contributed by atoms with Crippen LogP contribution in [-0.4, -0.2) is 25.2 Å². The first-order valence-electron chi connectivity index (χ1n) is 9.02. The second-order valence-corrected chi connectivity index (χ2v) is 5.77. The molecule has 2 aromatic rings. The second kappa shape index (κ2) is 10.8. The van der Waals surface area contributed by atoms with E-state index in [0.717, 1.165) is 24.2 Å². The summed E-state index contributed by atoms with van der Waals surface area (Å²) in [6, 6.07) is 13.7. The third-order valence-corrected chi connectivity index (χ3v) is 3.64. The van der Waals surface area contributed by atoms with Gasteiger partial charge >= 0.3 is 11.9 Å². The number of unbranched alkanes of at least 4 members (excludes halogenated alkanes) is 1. The zero-order chi connectivity index (χ0) is 19.5. The molecule has 0 aliphatic heterocycles. The standard InChI is InChI=1S/C22H24O5/c1-3-5-16-26-19-11-13-20(14-12-19)27-21(23)15-8-17-6-9-18(10-7-17)22(24)25-4-2/h6-15H,3-5,16H2,1-2H3/b15-8+. The van der Waals surface area contributed by atoms with E-state index in [1.54, 1.807) is 61.5 Å². The average Bonchev–Trinajstić information content (AvgIpc) is 2.68. The van der Waals surface area contributed by atoms with Gasteiger partial charge in [0, 0.05) is 6.08 Å². The lowest BCUT2D eigenvalue weighted by molar-refractivity contribution is -0.128. The van der Waals surface area contributed by atoms with Crippen LogP contribution < -0.4 is 9.47 Å². The molecule has 142 valence electrons. The van der Waals surface area contributed by atoms with Gasteiger partial charge in [-0.1, -0.05) is 25.5 Å². The lowest BCUT2D eigenvalue weighted by atomic mass is 10.1. The fourth-order valence-corrected chi connectivity index (χ4v) is 2.20. The molecule has 5 heteroatoms. The zero-order valence-corrected chi connectivity index (χ0v) is 15.6. The second-order valence-electron chi connectivity index (χ2n) is 5.77. The summed E-state index contributed by atoms with van der Waals surface area (Å²) in [5.74, 6) is 0.351. The molecule has 0 amide bonds. The molecule has 27 heavy (non-hydrogen) atoms. The highest BCUT2D eigenvalue weighted by atomic mass is 16.5. The topological polar surface area (TPSA) is 61.8 Å². The van der Waals surface area contributed by atoms with Gasteiger partial charge in [0.1, 0.15) is 11.5 Å². The van der Waals surface area contributed by atoms with E-state index >= 15 is 0 Å². The SMILES string of the molecule is CCCCOc1ccc(OC(=O)/C=C/c2ccc(C(=O)OCC)cc2)cc1. The van der Waals surface area contributed by atoms with Gasteiger partial charge in [-0.3, -0.25) is 0 Å². The van der Waals surface area contributed by atoms with Gasteiger partial charge in [-0.25, -0.2) is 9.59 Å². The summed E-state index contributed by atoms with van der Waals surface area (Å²) < 4.78 is 15.7. The summed E-state index contributed by atoms with van der Waals surface area (Å²) >= 11 is 0. The van der Waals surface area contributed by atoms with Crippen molar-refractivity contribution in [1.29, 1.82) is 0 Å². The Morgan fingerprint density at radius 1 is 0.926 bits per heavy atom. The summed E-state index contributed by atoms with van der Waals surface area (Å²) in [5.41, 5.74) is 1.25. The monoisotopic (exact) mass is 368 g/mol. The van der Waals surface area contributed by atoms with E-state index in [9.17, 15) is 9.59 Å². The fraction of sp³-hybridized carbons (Fsp3) is 0.273. The third kappa shape index (κ3) is 6.98. The largest absolute Gasteiger partial charge is 0.494 e. The Hall–Kier alpha value is -3.08. The van der Waals surface area contributed by atoms with Gasteiger partial charge in [-0.05, 0) is 61.4 Å². The number of esters is 2. The zero-order valence-electron chi connectivity index (χ0n) is 15.6. The van der Waals surface area contributed by atoms with E-state index in [2.05, 4.69) is 6.92 Å². The summed E-state index contributed by atoms with van der Waals surface area (Å²) in [6.07, 6.45) is 5.04. The Labute approximate surface area is 159 Å². The highest BCUT2D eigenvalue weighted by molar-refractivity contribution is 5.91. The molecule has 0 fully saturated rings. The van der Waals surface area contributed by atoms with E-state index in [-0.39, 0.29) is 5.97 Å². The van der Waals surface area contributed by atoms with Gasteiger partial charge in [0.25, 0.3) is 0 Å². The average molecular weight is 368 g/mol. The highest BCUT2D eigenvalue weighted by Crippen LogP contribution is 2.18. The van der Waals surface area contributed by atoms with Crippen molar-refractivity contribution >= 4 is 18.0 Å². The van der Waals surface area contributed by atoms with Crippen molar-refractivity contribution in [2.75, 3.05) is 13.2 Å². The molecule has 0 aromatic heterocycles. The van der Waals surface area contributed by atoms with Crippen LogP contribution in [0.5, 0.6) is 11.5 Å². The molecule has 0 radical (unpaired) electrons. The Balaban J connectivity index is 1.86. The molecule has 5 nitrogen and oxygen atoms in total. The molecule has 0 unspecified atom stereocenters. The molecule has 0 aliphatic rings. The molecular formula is C22H24O5. The van der Waals surface area contributed by atoms with Gasteiger partial charge in [-0.2, -0.15) is 0 Å². The lowest BCUT2D eigenvalue weighted by Gasteiger charge is -2.06. The van der Waals surface area contributed by atoms with Crippen LogP contribution in [0, 0.1) is 0 Å². The van der Waals surface area contributed by atoms with Crippen LogP contribution in [0.4, 0.5) is 0 Å². The molecule has 0 aliphatic carbocycles. The van der Waals surface area contributed by atoms with Crippen LogP contribution in [0.2, 0.25) is 0 Å². The number of ether oxygens (including phenoxy) is 3. The smallest absolute Gasteiger partial charge is 0.338 e. The summed E-state index contributed by atoms with van der Waals surface area (Å²) in [7, 11) is 0. The predicted molar refractivity (Wildman–Crippen MR) is 104 cm³/mol. The van der Waals surface area contributed by atoms with E-state index in [4.69, 9.17) is 14.2 Å². The number of rotatable bonds is 9. The first kappa shape index (κ1) is 20.2. The van der Waals surface area contributed by atoms with Crippen molar-refractivity contribution in [1.82, 2.24) is 0 Å². The van der Waals surface area contributed by atoms with Gasteiger partial charge in [-0.15, -0.1) is 0 Å². The summed E-state index contributed by atoms with van der Waals surface area (Å²) in [5, 5.41) is 0. The van der Waals surface area contributed by atoms with Crippen LogP contribution in [0.25, 0.3) is 6.08 Å². The van der Waals surface area contributed by atoms with Gasteiger partial charge < -0.3 is 14.2 Å². The highest BCUT2D eigenvalue weighted by Gasteiger charge is 2.05.